The minimum Gasteiger partial charge on any atom is -0.493 e. The fourth-order valence-electron chi connectivity index (χ4n) is 2.79. The predicted molar refractivity (Wildman–Crippen MR) is 87.5 cm³/mol. The third-order valence-electron chi connectivity index (χ3n) is 4.00. The highest BCUT2D eigenvalue weighted by molar-refractivity contribution is 5.43. The lowest BCUT2D eigenvalue weighted by molar-refractivity contribution is 0.174. The number of nitrogens with zero attached hydrogens (tertiary/aromatic N) is 2. The molecule has 5 nitrogen and oxygen atoms in total. The molecule has 5 heteroatoms. The molecule has 3 rings (SSSR count). The van der Waals surface area contributed by atoms with Gasteiger partial charge in [0.25, 0.3) is 0 Å². The molecule has 1 aliphatic rings. The Hall–Kier alpha value is -2.11. The SMILES string of the molecule is COc1ccc(CN2CC[C@@H](O)C2)cc1OCc1cccnc1. The van der Waals surface area contributed by atoms with E-state index in [1.54, 1.807) is 19.5 Å². The van der Waals surface area contributed by atoms with Crippen molar-refractivity contribution < 1.29 is 14.6 Å². The highest BCUT2D eigenvalue weighted by Gasteiger charge is 2.20. The lowest BCUT2D eigenvalue weighted by atomic mass is 10.2. The topological polar surface area (TPSA) is 54.8 Å². The number of rotatable bonds is 6. The fraction of sp³-hybridized carbons (Fsp3) is 0.389. The molecule has 122 valence electrons. The van der Waals surface area contributed by atoms with Crippen LogP contribution in [0.3, 0.4) is 0 Å². The molecule has 1 saturated heterocycles. The molecule has 0 aliphatic carbocycles. The number of methoxy groups -OCH3 is 1. The number of hydrogen-bond acceptors (Lipinski definition) is 5. The van der Waals surface area contributed by atoms with Crippen molar-refractivity contribution >= 4 is 0 Å². The van der Waals surface area contributed by atoms with E-state index >= 15 is 0 Å². The van der Waals surface area contributed by atoms with E-state index in [1.165, 1.54) is 0 Å². The van der Waals surface area contributed by atoms with Gasteiger partial charge in [-0.25, -0.2) is 0 Å². The number of aliphatic hydroxyl groups excluding tert-OH is 1. The third kappa shape index (κ3) is 4.21. The highest BCUT2D eigenvalue weighted by atomic mass is 16.5. The van der Waals surface area contributed by atoms with Crippen LogP contribution in [0.15, 0.2) is 42.7 Å². The highest BCUT2D eigenvalue weighted by Crippen LogP contribution is 2.29. The molecule has 0 unspecified atom stereocenters. The lowest BCUT2D eigenvalue weighted by Crippen LogP contribution is -2.21. The fourth-order valence-corrected chi connectivity index (χ4v) is 2.79. The van der Waals surface area contributed by atoms with Crippen molar-refractivity contribution in [1.82, 2.24) is 9.88 Å². The van der Waals surface area contributed by atoms with Crippen molar-refractivity contribution in [3.63, 3.8) is 0 Å². The third-order valence-corrected chi connectivity index (χ3v) is 4.00. The molecule has 0 spiro atoms. The molecule has 1 aromatic heterocycles. The number of aromatic nitrogens is 1. The Kier molecular flexibility index (Phi) is 5.10. The molecule has 2 aromatic rings. The van der Waals surface area contributed by atoms with Crippen molar-refractivity contribution in [2.24, 2.45) is 0 Å². The van der Waals surface area contributed by atoms with Gasteiger partial charge in [0, 0.05) is 37.6 Å². The maximum Gasteiger partial charge on any atom is 0.161 e. The second-order valence-electron chi connectivity index (χ2n) is 5.81. The summed E-state index contributed by atoms with van der Waals surface area (Å²) in [6.45, 7) is 2.93. The van der Waals surface area contributed by atoms with Gasteiger partial charge in [0.2, 0.25) is 0 Å². The van der Waals surface area contributed by atoms with Crippen molar-refractivity contribution in [3.05, 3.63) is 53.9 Å². The molecule has 0 bridgehead atoms. The van der Waals surface area contributed by atoms with E-state index < -0.39 is 0 Å². The largest absolute Gasteiger partial charge is 0.493 e. The molecule has 1 aromatic carbocycles. The molecule has 23 heavy (non-hydrogen) atoms. The van der Waals surface area contributed by atoms with Crippen molar-refractivity contribution in [1.29, 1.82) is 0 Å². The smallest absolute Gasteiger partial charge is 0.161 e. The van der Waals surface area contributed by atoms with E-state index in [-0.39, 0.29) is 6.10 Å². The average Bonchev–Trinajstić information content (AvgIpc) is 2.99. The Labute approximate surface area is 136 Å². The Morgan fingerprint density at radius 1 is 1.26 bits per heavy atom. The summed E-state index contributed by atoms with van der Waals surface area (Å²) < 4.78 is 11.3. The predicted octanol–water partition coefficient (Wildman–Crippen LogP) is 2.24. The molecular formula is C18H22N2O3. The van der Waals surface area contributed by atoms with E-state index in [2.05, 4.69) is 9.88 Å². The van der Waals surface area contributed by atoms with Gasteiger partial charge in [-0.2, -0.15) is 0 Å². The number of hydrogen-bond donors (Lipinski definition) is 1. The molecule has 2 heterocycles. The van der Waals surface area contributed by atoms with Crippen LogP contribution < -0.4 is 9.47 Å². The zero-order chi connectivity index (χ0) is 16.1. The van der Waals surface area contributed by atoms with Crippen LogP contribution in [0.5, 0.6) is 11.5 Å². The van der Waals surface area contributed by atoms with Gasteiger partial charge in [-0.05, 0) is 30.2 Å². The van der Waals surface area contributed by atoms with E-state index in [0.29, 0.717) is 6.61 Å². The van der Waals surface area contributed by atoms with Crippen LogP contribution in [0.25, 0.3) is 0 Å². The number of likely N-dealkylation sites (tertiary alicyclic amines) is 1. The summed E-state index contributed by atoms with van der Waals surface area (Å²) in [6.07, 6.45) is 4.19. The van der Waals surface area contributed by atoms with Crippen LogP contribution in [-0.2, 0) is 13.2 Å². The summed E-state index contributed by atoms with van der Waals surface area (Å²) in [5.41, 5.74) is 2.17. The summed E-state index contributed by atoms with van der Waals surface area (Å²) in [6, 6.07) is 9.86. The van der Waals surface area contributed by atoms with Gasteiger partial charge < -0.3 is 14.6 Å². The molecule has 0 radical (unpaired) electrons. The van der Waals surface area contributed by atoms with Crippen LogP contribution in [0.2, 0.25) is 0 Å². The van der Waals surface area contributed by atoms with Crippen LogP contribution in [-0.4, -0.2) is 41.3 Å². The number of aliphatic hydroxyl groups is 1. The van der Waals surface area contributed by atoms with Gasteiger partial charge in [0.05, 0.1) is 13.2 Å². The molecule has 0 amide bonds. The Morgan fingerprint density at radius 3 is 2.87 bits per heavy atom. The summed E-state index contributed by atoms with van der Waals surface area (Å²) in [7, 11) is 1.64. The van der Waals surface area contributed by atoms with E-state index in [0.717, 1.165) is 48.7 Å². The Morgan fingerprint density at radius 2 is 2.17 bits per heavy atom. The molecule has 1 N–H and O–H groups in total. The first-order valence-electron chi connectivity index (χ1n) is 7.83. The number of benzene rings is 1. The maximum atomic E-state index is 9.63. The standard InChI is InChI=1S/C18H22N2O3/c1-22-17-5-4-14(11-20-8-6-16(21)12-20)9-18(17)23-13-15-3-2-7-19-10-15/h2-5,7,9-10,16,21H,6,8,11-13H2,1H3/t16-/m1/s1. The quantitative estimate of drug-likeness (QED) is 0.886. The van der Waals surface area contributed by atoms with E-state index in [1.807, 2.05) is 30.3 Å². The normalized spacial score (nSPS) is 18.1. The summed E-state index contributed by atoms with van der Waals surface area (Å²) in [5.74, 6) is 1.45. The van der Waals surface area contributed by atoms with Crippen molar-refractivity contribution in [2.45, 2.75) is 25.7 Å². The Balaban J connectivity index is 1.68. The molecule has 1 atom stereocenters. The molecule has 1 aliphatic heterocycles. The summed E-state index contributed by atoms with van der Waals surface area (Å²) >= 11 is 0. The minimum atomic E-state index is -0.199. The van der Waals surface area contributed by atoms with Gasteiger partial charge in [-0.15, -0.1) is 0 Å². The second-order valence-corrected chi connectivity index (χ2v) is 5.81. The molecular weight excluding hydrogens is 292 g/mol. The van der Waals surface area contributed by atoms with Gasteiger partial charge >= 0.3 is 0 Å². The minimum absolute atomic E-state index is 0.199. The first kappa shape index (κ1) is 15.8. The van der Waals surface area contributed by atoms with Crippen LogP contribution in [0.1, 0.15) is 17.5 Å². The van der Waals surface area contributed by atoms with Crippen LogP contribution in [0, 0.1) is 0 Å². The first-order valence-corrected chi connectivity index (χ1v) is 7.83. The first-order chi connectivity index (χ1) is 11.2. The lowest BCUT2D eigenvalue weighted by Gasteiger charge is -2.17. The number of pyridine rings is 1. The van der Waals surface area contributed by atoms with Gasteiger partial charge in [-0.1, -0.05) is 12.1 Å². The van der Waals surface area contributed by atoms with Crippen molar-refractivity contribution in [3.8, 4) is 11.5 Å². The number of β-amino-alcohol motifs (C(OH)–C–C–N with tert-alkyl or cyclic N) is 1. The Bertz CT molecular complexity index is 633. The van der Waals surface area contributed by atoms with E-state index in [4.69, 9.17) is 9.47 Å². The summed E-state index contributed by atoms with van der Waals surface area (Å²) in [4.78, 5) is 6.34. The van der Waals surface area contributed by atoms with Crippen molar-refractivity contribution in [2.75, 3.05) is 20.2 Å². The zero-order valence-corrected chi connectivity index (χ0v) is 13.3. The second kappa shape index (κ2) is 7.44. The zero-order valence-electron chi connectivity index (χ0n) is 13.3. The van der Waals surface area contributed by atoms with E-state index in [9.17, 15) is 5.11 Å². The van der Waals surface area contributed by atoms with Gasteiger partial charge in [0.1, 0.15) is 6.61 Å². The maximum absolute atomic E-state index is 9.63. The van der Waals surface area contributed by atoms with Gasteiger partial charge in [-0.3, -0.25) is 9.88 Å². The molecule has 1 fully saturated rings. The van der Waals surface area contributed by atoms with Crippen LogP contribution in [0.4, 0.5) is 0 Å². The summed E-state index contributed by atoms with van der Waals surface area (Å²) in [5, 5.41) is 9.63. The van der Waals surface area contributed by atoms with Gasteiger partial charge in [0.15, 0.2) is 11.5 Å². The monoisotopic (exact) mass is 314 g/mol. The molecule has 0 saturated carbocycles. The average molecular weight is 314 g/mol. The van der Waals surface area contributed by atoms with Crippen LogP contribution >= 0.6 is 0 Å². The number of ether oxygens (including phenoxy) is 2.